The molecule has 2 aliphatic rings. The number of hydrogen-bond donors (Lipinski definition) is 0. The number of piperidine rings is 1. The molecule has 1 aliphatic carbocycles. The number of nitrogens with zero attached hydrogens (tertiary/aromatic N) is 1. The minimum atomic E-state index is -2.58. The minimum Gasteiger partial charge on any atom is -0.463 e. The number of ether oxygens (including phenoxy) is 1. The second-order valence-corrected chi connectivity index (χ2v) is 6.45. The monoisotopic (exact) mass is 309 g/mol. The second-order valence-electron chi connectivity index (χ2n) is 6.45. The predicted octanol–water partition coefficient (Wildman–Crippen LogP) is 3.24. The van der Waals surface area contributed by atoms with Gasteiger partial charge in [0.1, 0.15) is 6.10 Å². The van der Waals surface area contributed by atoms with Crippen LogP contribution in [0.4, 0.5) is 8.78 Å². The average molecular weight is 309 g/mol. The van der Waals surface area contributed by atoms with E-state index in [2.05, 4.69) is 0 Å². The Morgan fingerprint density at radius 1 is 1.41 bits per heavy atom. The fourth-order valence-electron chi connectivity index (χ4n) is 3.88. The van der Waals surface area contributed by atoms with Crippen molar-refractivity contribution in [3.05, 3.63) is 35.9 Å². The predicted molar refractivity (Wildman–Crippen MR) is 78.5 cm³/mol. The molecular formula is C17H21F2NO2. The Kier molecular flexibility index (Phi) is 3.93. The van der Waals surface area contributed by atoms with Crippen LogP contribution >= 0.6 is 0 Å². The summed E-state index contributed by atoms with van der Waals surface area (Å²) < 4.78 is 32.7. The van der Waals surface area contributed by atoms with Crippen molar-refractivity contribution in [2.24, 2.45) is 5.92 Å². The average Bonchev–Trinajstić information content (AvgIpc) is 2.42. The molecule has 1 saturated carbocycles. The molecular weight excluding hydrogens is 288 g/mol. The molecule has 0 bridgehead atoms. The van der Waals surface area contributed by atoms with E-state index in [1.807, 2.05) is 42.2 Å². The Morgan fingerprint density at radius 3 is 2.68 bits per heavy atom. The van der Waals surface area contributed by atoms with Crippen molar-refractivity contribution in [1.82, 2.24) is 4.90 Å². The van der Waals surface area contributed by atoms with Crippen LogP contribution in [0.25, 0.3) is 0 Å². The molecule has 4 unspecified atom stereocenters. The molecule has 1 aromatic rings. The van der Waals surface area contributed by atoms with Crippen LogP contribution in [0.2, 0.25) is 0 Å². The van der Waals surface area contributed by atoms with Gasteiger partial charge in [-0.05, 0) is 12.5 Å². The van der Waals surface area contributed by atoms with E-state index in [4.69, 9.17) is 4.74 Å². The van der Waals surface area contributed by atoms with Gasteiger partial charge < -0.3 is 4.74 Å². The molecule has 5 heteroatoms. The fraction of sp³-hybridized carbons (Fsp3) is 0.588. The molecule has 4 atom stereocenters. The normalized spacial score (nSPS) is 30.6. The molecule has 1 aromatic carbocycles. The van der Waals surface area contributed by atoms with Gasteiger partial charge in [-0.1, -0.05) is 30.3 Å². The molecule has 120 valence electrons. The maximum Gasteiger partial charge on any atom is 0.302 e. The van der Waals surface area contributed by atoms with Gasteiger partial charge in [0.2, 0.25) is 0 Å². The molecule has 0 aromatic heterocycles. The third-order valence-corrected chi connectivity index (χ3v) is 4.77. The van der Waals surface area contributed by atoms with Gasteiger partial charge in [-0.15, -0.1) is 0 Å². The highest BCUT2D eigenvalue weighted by Crippen LogP contribution is 2.57. The Morgan fingerprint density at radius 2 is 2.09 bits per heavy atom. The lowest BCUT2D eigenvalue weighted by Crippen LogP contribution is -2.77. The zero-order chi connectivity index (χ0) is 15.9. The zero-order valence-electron chi connectivity index (χ0n) is 12.8. The van der Waals surface area contributed by atoms with E-state index in [1.54, 1.807) is 0 Å². The summed E-state index contributed by atoms with van der Waals surface area (Å²) in [6.45, 7) is 3.72. The first-order chi connectivity index (χ1) is 10.4. The van der Waals surface area contributed by atoms with Crippen molar-refractivity contribution < 1.29 is 18.3 Å². The maximum absolute atomic E-state index is 13.8. The summed E-state index contributed by atoms with van der Waals surface area (Å²) in [6.07, 6.45) is 0.334. The molecule has 3 rings (SSSR count). The van der Waals surface area contributed by atoms with E-state index in [-0.39, 0.29) is 30.5 Å². The van der Waals surface area contributed by atoms with Crippen LogP contribution < -0.4 is 0 Å². The van der Waals surface area contributed by atoms with Crippen LogP contribution in [0.5, 0.6) is 0 Å². The number of likely N-dealkylation sites (tertiary alicyclic amines) is 1. The van der Waals surface area contributed by atoms with E-state index < -0.39 is 12.0 Å². The molecule has 0 spiro atoms. The van der Waals surface area contributed by atoms with Gasteiger partial charge in [0.25, 0.3) is 5.92 Å². The van der Waals surface area contributed by atoms with Crippen LogP contribution in [0, 0.1) is 5.92 Å². The SMILES string of the molecule is CC(=O)OC(C)CC1C2CC(F)(F)C2N1Cc1ccccc1. The highest BCUT2D eigenvalue weighted by molar-refractivity contribution is 5.66. The van der Waals surface area contributed by atoms with Crippen LogP contribution in [0.1, 0.15) is 32.3 Å². The van der Waals surface area contributed by atoms with Crippen molar-refractivity contribution in [1.29, 1.82) is 0 Å². The molecule has 3 nitrogen and oxygen atoms in total. The van der Waals surface area contributed by atoms with E-state index >= 15 is 0 Å². The number of benzene rings is 1. The van der Waals surface area contributed by atoms with Gasteiger partial charge in [0, 0.05) is 38.3 Å². The number of hydrogen-bond acceptors (Lipinski definition) is 3. The lowest BCUT2D eigenvalue weighted by molar-refractivity contribution is -0.283. The van der Waals surface area contributed by atoms with E-state index in [0.29, 0.717) is 13.0 Å². The molecule has 1 heterocycles. The highest BCUT2D eigenvalue weighted by atomic mass is 19.3. The molecule has 2 fully saturated rings. The number of alkyl halides is 2. The molecule has 22 heavy (non-hydrogen) atoms. The Balaban J connectivity index is 1.68. The van der Waals surface area contributed by atoms with E-state index in [1.165, 1.54) is 6.92 Å². The van der Waals surface area contributed by atoms with Crippen molar-refractivity contribution in [3.63, 3.8) is 0 Å². The number of carbonyl (C=O) groups excluding carboxylic acids is 1. The van der Waals surface area contributed by atoms with Crippen molar-refractivity contribution in [2.45, 2.75) is 57.3 Å². The first kappa shape index (κ1) is 15.4. The van der Waals surface area contributed by atoms with Crippen LogP contribution in [-0.2, 0) is 16.1 Å². The second kappa shape index (κ2) is 5.61. The van der Waals surface area contributed by atoms with Crippen molar-refractivity contribution in [3.8, 4) is 0 Å². The summed E-state index contributed by atoms with van der Waals surface area (Å²) in [5.74, 6) is -2.88. The summed E-state index contributed by atoms with van der Waals surface area (Å²) in [5.41, 5.74) is 1.04. The Labute approximate surface area is 129 Å². The van der Waals surface area contributed by atoms with Crippen LogP contribution in [0.15, 0.2) is 30.3 Å². The topological polar surface area (TPSA) is 29.5 Å². The number of fused-ring (bicyclic) bond motifs is 1. The maximum atomic E-state index is 13.8. The standard InChI is InChI=1S/C17H21F2NO2/c1-11(22-12(2)21)8-15-14-9-17(18,19)16(14)20(15)10-13-6-4-3-5-7-13/h3-7,11,14-16H,8-10H2,1-2H3. The summed E-state index contributed by atoms with van der Waals surface area (Å²) in [7, 11) is 0. The molecule has 1 saturated heterocycles. The summed E-state index contributed by atoms with van der Waals surface area (Å²) in [4.78, 5) is 12.9. The van der Waals surface area contributed by atoms with Gasteiger partial charge in [0.05, 0.1) is 6.04 Å². The largest absolute Gasteiger partial charge is 0.463 e. The minimum absolute atomic E-state index is 0.0247. The molecule has 1 aliphatic heterocycles. The third-order valence-electron chi connectivity index (χ3n) is 4.77. The van der Waals surface area contributed by atoms with Gasteiger partial charge >= 0.3 is 5.97 Å². The van der Waals surface area contributed by atoms with Gasteiger partial charge in [-0.3, -0.25) is 9.69 Å². The molecule has 0 N–H and O–H groups in total. The number of halogens is 2. The smallest absolute Gasteiger partial charge is 0.302 e. The quantitative estimate of drug-likeness (QED) is 0.782. The van der Waals surface area contributed by atoms with Gasteiger partial charge in [-0.25, -0.2) is 8.78 Å². The number of carbonyl (C=O) groups is 1. The zero-order valence-corrected chi connectivity index (χ0v) is 12.8. The first-order valence-corrected chi connectivity index (χ1v) is 7.73. The molecule has 0 radical (unpaired) electrons. The van der Waals surface area contributed by atoms with E-state index in [0.717, 1.165) is 5.56 Å². The van der Waals surface area contributed by atoms with Crippen LogP contribution in [-0.4, -0.2) is 35.0 Å². The number of esters is 1. The third kappa shape index (κ3) is 2.74. The Bertz CT molecular complexity index is 549. The van der Waals surface area contributed by atoms with Gasteiger partial charge in [-0.2, -0.15) is 0 Å². The fourth-order valence-corrected chi connectivity index (χ4v) is 3.88. The first-order valence-electron chi connectivity index (χ1n) is 7.73. The Hall–Kier alpha value is -1.49. The number of rotatable bonds is 5. The van der Waals surface area contributed by atoms with Crippen LogP contribution in [0.3, 0.4) is 0 Å². The molecule has 0 amide bonds. The van der Waals surface area contributed by atoms with Crippen molar-refractivity contribution >= 4 is 5.97 Å². The lowest BCUT2D eigenvalue weighted by Gasteiger charge is -2.65. The summed E-state index contributed by atoms with van der Waals surface area (Å²) >= 11 is 0. The van der Waals surface area contributed by atoms with Crippen molar-refractivity contribution in [2.75, 3.05) is 0 Å². The lowest BCUT2D eigenvalue weighted by atomic mass is 9.61. The highest BCUT2D eigenvalue weighted by Gasteiger charge is 2.69. The summed E-state index contributed by atoms with van der Waals surface area (Å²) in [5, 5.41) is 0. The van der Waals surface area contributed by atoms with E-state index in [9.17, 15) is 13.6 Å². The van der Waals surface area contributed by atoms with Gasteiger partial charge in [0.15, 0.2) is 0 Å². The summed E-state index contributed by atoms with van der Waals surface area (Å²) in [6, 6.07) is 9.08.